The summed E-state index contributed by atoms with van der Waals surface area (Å²) in [4.78, 5) is 22.9. The van der Waals surface area contributed by atoms with Crippen molar-refractivity contribution in [3.05, 3.63) is 27.7 Å². The van der Waals surface area contributed by atoms with E-state index in [4.69, 9.17) is 5.11 Å². The van der Waals surface area contributed by atoms with Gasteiger partial charge in [-0.3, -0.25) is 4.79 Å². The highest BCUT2D eigenvalue weighted by Gasteiger charge is 2.34. The zero-order valence-electron chi connectivity index (χ0n) is 8.22. The van der Waals surface area contributed by atoms with Gasteiger partial charge in [0.1, 0.15) is 0 Å². The van der Waals surface area contributed by atoms with E-state index in [0.29, 0.717) is 0 Å². The third-order valence-corrected chi connectivity index (χ3v) is 1.71. The number of carbonyl (C=O) groups is 1. The number of alkyl halides is 5. The van der Waals surface area contributed by atoms with Crippen molar-refractivity contribution in [2.45, 2.75) is 12.8 Å². The second-order valence-electron chi connectivity index (χ2n) is 2.95. The van der Waals surface area contributed by atoms with Crippen molar-refractivity contribution in [2.24, 2.45) is 0 Å². The molecule has 18 heavy (non-hydrogen) atoms. The zero-order chi connectivity index (χ0) is 14.1. The monoisotopic (exact) mass is 273 g/mol. The lowest BCUT2D eigenvalue weighted by Crippen LogP contribution is -2.24. The first-order valence-corrected chi connectivity index (χ1v) is 4.16. The van der Waals surface area contributed by atoms with Crippen LogP contribution in [0.25, 0.3) is 0 Å². The van der Waals surface area contributed by atoms with Crippen LogP contribution in [0.5, 0.6) is 5.75 Å². The van der Waals surface area contributed by atoms with E-state index < -0.39 is 41.3 Å². The van der Waals surface area contributed by atoms with Crippen LogP contribution < -0.4 is 10.3 Å². The molecule has 0 radical (unpaired) electrons. The molecule has 1 aromatic rings. The van der Waals surface area contributed by atoms with Crippen LogP contribution in [-0.2, 0) is 0 Å². The quantitative estimate of drug-likeness (QED) is 0.824. The molecule has 0 aliphatic heterocycles. The Labute approximate surface area is 94.8 Å². The number of pyridine rings is 1. The van der Waals surface area contributed by atoms with Gasteiger partial charge in [0, 0.05) is 0 Å². The predicted molar refractivity (Wildman–Crippen MR) is 45.7 cm³/mol. The summed E-state index contributed by atoms with van der Waals surface area (Å²) in [6.07, 6.45) is -8.64. The van der Waals surface area contributed by atoms with Gasteiger partial charge < -0.3 is 14.8 Å². The van der Waals surface area contributed by atoms with Crippen LogP contribution in [0.4, 0.5) is 22.0 Å². The predicted octanol–water partition coefficient (Wildman–Crippen LogP) is 1.91. The molecular formula is C8H4F5NO4. The van der Waals surface area contributed by atoms with E-state index >= 15 is 0 Å². The van der Waals surface area contributed by atoms with E-state index in [1.165, 1.54) is 4.98 Å². The van der Waals surface area contributed by atoms with Gasteiger partial charge in [-0.1, -0.05) is 0 Å². The Hall–Kier alpha value is -2.13. The summed E-state index contributed by atoms with van der Waals surface area (Å²) in [5, 5.41) is 8.51. The van der Waals surface area contributed by atoms with E-state index in [0.717, 1.165) is 0 Å². The van der Waals surface area contributed by atoms with Crippen molar-refractivity contribution >= 4 is 5.97 Å². The smallest absolute Gasteiger partial charge is 0.476 e. The highest BCUT2D eigenvalue weighted by Crippen LogP contribution is 2.27. The van der Waals surface area contributed by atoms with E-state index in [-0.39, 0.29) is 6.07 Å². The second kappa shape index (κ2) is 4.63. The summed E-state index contributed by atoms with van der Waals surface area (Å²) < 4.78 is 63.6. The van der Waals surface area contributed by atoms with Crippen LogP contribution in [0.15, 0.2) is 10.9 Å². The Bertz CT molecular complexity index is 521. The average molecular weight is 273 g/mol. The molecule has 0 fully saturated rings. The molecule has 0 aromatic carbocycles. The van der Waals surface area contributed by atoms with E-state index in [1.54, 1.807) is 0 Å². The zero-order valence-corrected chi connectivity index (χ0v) is 8.22. The fourth-order valence-electron chi connectivity index (χ4n) is 1.05. The van der Waals surface area contributed by atoms with Gasteiger partial charge in [0.15, 0.2) is 11.4 Å². The van der Waals surface area contributed by atoms with E-state index in [1.807, 2.05) is 0 Å². The number of ether oxygens (including phenoxy) is 1. The molecule has 0 saturated heterocycles. The number of carboxylic acids is 1. The standard InChI is InChI=1S/C8H4F5NO4/c9-5(10)2-1-3(18-8(11,12)13)4(7(16)17)14-6(2)15/h1,5H,(H,14,15)(H,16,17). The molecule has 0 saturated carbocycles. The number of carboxylic acid groups (broad SMARTS) is 1. The summed E-state index contributed by atoms with van der Waals surface area (Å²) in [5.74, 6) is -3.36. The summed E-state index contributed by atoms with van der Waals surface area (Å²) >= 11 is 0. The van der Waals surface area contributed by atoms with Gasteiger partial charge in [-0.2, -0.15) is 0 Å². The molecule has 2 N–H and O–H groups in total. The Balaban J connectivity index is 3.40. The number of aromatic carboxylic acids is 1. The number of rotatable bonds is 3. The Morgan fingerprint density at radius 3 is 2.33 bits per heavy atom. The van der Waals surface area contributed by atoms with Gasteiger partial charge in [-0.15, -0.1) is 13.2 Å². The molecule has 0 aliphatic rings. The molecule has 0 atom stereocenters. The molecule has 0 aliphatic carbocycles. The molecule has 1 rings (SSSR count). The van der Waals surface area contributed by atoms with Crippen molar-refractivity contribution in [3.8, 4) is 5.75 Å². The van der Waals surface area contributed by atoms with Crippen LogP contribution in [0.1, 0.15) is 22.5 Å². The number of hydrogen-bond acceptors (Lipinski definition) is 3. The van der Waals surface area contributed by atoms with Crippen molar-refractivity contribution in [3.63, 3.8) is 0 Å². The Morgan fingerprint density at radius 2 is 1.94 bits per heavy atom. The minimum absolute atomic E-state index is 0.0421. The summed E-state index contributed by atoms with van der Waals surface area (Å²) in [5.41, 5.74) is -4.09. The van der Waals surface area contributed by atoms with Crippen molar-refractivity contribution < 1.29 is 36.6 Å². The van der Waals surface area contributed by atoms with Crippen LogP contribution in [-0.4, -0.2) is 22.4 Å². The fourth-order valence-corrected chi connectivity index (χ4v) is 1.05. The molecule has 1 aromatic heterocycles. The average Bonchev–Trinajstić information content (AvgIpc) is 2.17. The number of nitrogens with one attached hydrogen (secondary N) is 1. The third kappa shape index (κ3) is 3.18. The molecule has 0 amide bonds. The summed E-state index contributed by atoms with van der Waals surface area (Å²) in [6.45, 7) is 0. The highest BCUT2D eigenvalue weighted by molar-refractivity contribution is 5.88. The number of aromatic nitrogens is 1. The van der Waals surface area contributed by atoms with Crippen molar-refractivity contribution in [1.29, 1.82) is 0 Å². The maximum Gasteiger partial charge on any atom is 0.573 e. The molecule has 10 heteroatoms. The largest absolute Gasteiger partial charge is 0.573 e. The minimum atomic E-state index is -5.28. The van der Waals surface area contributed by atoms with Gasteiger partial charge in [-0.05, 0) is 6.07 Å². The first-order chi connectivity index (χ1) is 8.11. The van der Waals surface area contributed by atoms with Crippen LogP contribution in [0.2, 0.25) is 0 Å². The first kappa shape index (κ1) is 13.9. The number of hydrogen-bond donors (Lipinski definition) is 2. The van der Waals surface area contributed by atoms with Gasteiger partial charge >= 0.3 is 12.3 Å². The van der Waals surface area contributed by atoms with Gasteiger partial charge in [0.2, 0.25) is 0 Å². The molecule has 100 valence electrons. The van der Waals surface area contributed by atoms with Gasteiger partial charge in [0.25, 0.3) is 12.0 Å². The van der Waals surface area contributed by atoms with Crippen LogP contribution >= 0.6 is 0 Å². The lowest BCUT2D eigenvalue weighted by Gasteiger charge is -2.12. The highest BCUT2D eigenvalue weighted by atomic mass is 19.4. The number of H-pyrrole nitrogens is 1. The first-order valence-electron chi connectivity index (χ1n) is 4.16. The molecule has 0 spiro atoms. The lowest BCUT2D eigenvalue weighted by molar-refractivity contribution is -0.274. The SMILES string of the molecule is O=C(O)c1[nH]c(=O)c(C(F)F)cc1OC(F)(F)F. The minimum Gasteiger partial charge on any atom is -0.476 e. The van der Waals surface area contributed by atoms with E-state index in [9.17, 15) is 31.5 Å². The Morgan fingerprint density at radius 1 is 1.39 bits per heavy atom. The van der Waals surface area contributed by atoms with Crippen LogP contribution in [0.3, 0.4) is 0 Å². The van der Waals surface area contributed by atoms with E-state index in [2.05, 4.69) is 4.74 Å². The van der Waals surface area contributed by atoms with Crippen molar-refractivity contribution in [2.75, 3.05) is 0 Å². The number of aromatic amines is 1. The van der Waals surface area contributed by atoms with Crippen LogP contribution in [0, 0.1) is 0 Å². The molecular weight excluding hydrogens is 269 g/mol. The third-order valence-electron chi connectivity index (χ3n) is 1.71. The summed E-state index contributed by atoms with van der Waals surface area (Å²) in [7, 11) is 0. The molecule has 5 nitrogen and oxygen atoms in total. The van der Waals surface area contributed by atoms with Crippen molar-refractivity contribution in [1.82, 2.24) is 4.98 Å². The topological polar surface area (TPSA) is 79.4 Å². The fraction of sp³-hybridized carbons (Fsp3) is 0.250. The maximum absolute atomic E-state index is 12.3. The second-order valence-corrected chi connectivity index (χ2v) is 2.95. The lowest BCUT2D eigenvalue weighted by atomic mass is 10.2. The molecule has 1 heterocycles. The maximum atomic E-state index is 12.3. The number of halogens is 5. The Kier molecular flexibility index (Phi) is 3.58. The molecule has 0 unspecified atom stereocenters. The normalized spacial score (nSPS) is 11.7. The van der Waals surface area contributed by atoms with Gasteiger partial charge in [-0.25, -0.2) is 13.6 Å². The molecule has 0 bridgehead atoms. The van der Waals surface area contributed by atoms with Gasteiger partial charge in [0.05, 0.1) is 5.56 Å². The summed E-state index contributed by atoms with van der Waals surface area (Å²) in [6, 6.07) is 0.0421.